The molecule has 0 aromatic heterocycles. The summed E-state index contributed by atoms with van der Waals surface area (Å²) in [5, 5.41) is 13.8. The predicted molar refractivity (Wildman–Crippen MR) is 161 cm³/mol. The molecule has 0 bridgehead atoms. The van der Waals surface area contributed by atoms with Gasteiger partial charge in [-0.25, -0.2) is 0 Å². The van der Waals surface area contributed by atoms with E-state index in [4.69, 9.17) is 17.3 Å². The average Bonchev–Trinajstić information content (AvgIpc) is 3.41. The average molecular weight is 683 g/mol. The molecule has 42 heavy (non-hydrogen) atoms. The van der Waals surface area contributed by atoms with Crippen LogP contribution in [0.25, 0.3) is 0 Å². The summed E-state index contributed by atoms with van der Waals surface area (Å²) in [5.41, 5.74) is 7.16. The van der Waals surface area contributed by atoms with Crippen molar-refractivity contribution >= 4 is 40.7 Å². The second-order valence-corrected chi connectivity index (χ2v) is 12.5. The van der Waals surface area contributed by atoms with Gasteiger partial charge in [0.2, 0.25) is 17.7 Å². The normalized spacial score (nSPS) is 27.1. The fraction of sp³-hybridized carbons (Fsp3) is 0.700. The van der Waals surface area contributed by atoms with Crippen LogP contribution in [0.15, 0.2) is 18.2 Å². The fourth-order valence-electron chi connectivity index (χ4n) is 6.92. The molecule has 233 valence electrons. The Labute approximate surface area is 280 Å². The summed E-state index contributed by atoms with van der Waals surface area (Å²) in [4.78, 5) is 39.0. The van der Waals surface area contributed by atoms with E-state index in [2.05, 4.69) is 10.2 Å². The molecule has 1 aromatic rings. The van der Waals surface area contributed by atoms with Crippen molar-refractivity contribution < 1.29 is 57.8 Å². The van der Waals surface area contributed by atoms with Crippen LogP contribution < -0.4 is 16.0 Å². The van der Waals surface area contributed by atoms with Gasteiger partial charge in [-0.15, -0.1) is 0 Å². The van der Waals surface area contributed by atoms with E-state index in [1.807, 2.05) is 32.2 Å². The van der Waals surface area contributed by atoms with Crippen LogP contribution >= 0.6 is 11.6 Å². The number of likely N-dealkylation sites (N-methyl/N-ethyl adjacent to an activating group) is 2. The topological polar surface area (TPSA) is 151 Å². The molecular weight excluding hydrogens is 635 g/mol. The number of nitrogens with one attached hydrogen (secondary N) is 1. The standard InChI is InChI=1S/C20H27ClN2O.C10H19N3O3.H2O.Y/c1-23-18-10-9-15(21)12-17(18)22-20(24)19(23)6-4-2-3-5-13-7-8-14-11-16(13)14;1-3-12(16)6-8(14)13-5-4-7(2)9(13)10(11)15;;/h9-10,12-14,16,19H,2-8,11H2,1H3,(H,22,24);7,9,16H,3-6H2,1-2H3,(H2,11,15);1H2;. The van der Waals surface area contributed by atoms with Gasteiger partial charge >= 0.3 is 0 Å². The zero-order chi connectivity index (χ0) is 29.0. The minimum absolute atomic E-state index is 0. The molecule has 5 rings (SSSR count). The van der Waals surface area contributed by atoms with E-state index in [0.29, 0.717) is 18.1 Å². The number of hydrogen-bond acceptors (Lipinski definition) is 6. The Bertz CT molecular complexity index is 1080. The minimum atomic E-state index is -0.530. The number of halogens is 1. The molecular formula is C30H48ClN5O5Y. The summed E-state index contributed by atoms with van der Waals surface area (Å²) in [5.74, 6) is 2.68. The van der Waals surface area contributed by atoms with Crippen LogP contribution in [-0.4, -0.2) is 77.1 Å². The van der Waals surface area contributed by atoms with Gasteiger partial charge in [-0.2, -0.15) is 5.06 Å². The maximum atomic E-state index is 12.4. The van der Waals surface area contributed by atoms with Crippen molar-refractivity contribution in [3.63, 3.8) is 0 Å². The quantitative estimate of drug-likeness (QED) is 0.253. The molecule has 2 heterocycles. The van der Waals surface area contributed by atoms with Crippen LogP contribution in [0.1, 0.15) is 71.6 Å². The number of benzene rings is 1. The SMILES string of the molecule is CCN(O)CC(=O)N1CCC(C)C1C(N)=O.CN1c2ccc(Cl)cc2NC(=O)C1CCCCCC1CCC2CC12.O.[Y]. The molecule has 1 radical (unpaired) electrons. The summed E-state index contributed by atoms with van der Waals surface area (Å²) in [6, 6.07) is 5.12. The number of unbranched alkanes of at least 4 members (excludes halogenated alkanes) is 2. The van der Waals surface area contributed by atoms with Crippen LogP contribution in [0.5, 0.6) is 0 Å². The van der Waals surface area contributed by atoms with E-state index in [1.165, 1.54) is 43.4 Å². The number of likely N-dealkylation sites (tertiary alicyclic amines) is 1. The van der Waals surface area contributed by atoms with Crippen molar-refractivity contribution in [1.29, 1.82) is 0 Å². The minimum Gasteiger partial charge on any atom is -0.412 e. The Balaban J connectivity index is 0.000000303. The van der Waals surface area contributed by atoms with Gasteiger partial charge in [0.1, 0.15) is 18.6 Å². The fourth-order valence-corrected chi connectivity index (χ4v) is 7.09. The number of anilines is 2. The summed E-state index contributed by atoms with van der Waals surface area (Å²) in [7, 11) is 2.02. The van der Waals surface area contributed by atoms with Crippen LogP contribution in [0.4, 0.5) is 11.4 Å². The van der Waals surface area contributed by atoms with Crippen LogP contribution in [-0.2, 0) is 47.1 Å². The third-order valence-corrected chi connectivity index (χ3v) is 9.64. The first-order valence-corrected chi connectivity index (χ1v) is 15.3. The predicted octanol–water partition coefficient (Wildman–Crippen LogP) is 3.69. The number of amides is 3. The molecule has 1 aromatic carbocycles. The number of rotatable bonds is 10. The van der Waals surface area contributed by atoms with Crippen LogP contribution in [0.2, 0.25) is 5.02 Å². The van der Waals surface area contributed by atoms with Crippen molar-refractivity contribution in [1.82, 2.24) is 9.96 Å². The van der Waals surface area contributed by atoms with Crippen molar-refractivity contribution in [3.8, 4) is 0 Å². The van der Waals surface area contributed by atoms with Gasteiger partial charge in [-0.05, 0) is 74.0 Å². The van der Waals surface area contributed by atoms with Gasteiger partial charge in [0, 0.05) is 57.9 Å². The molecule has 3 fully saturated rings. The van der Waals surface area contributed by atoms with Gasteiger partial charge in [0.25, 0.3) is 0 Å². The van der Waals surface area contributed by atoms with Crippen molar-refractivity contribution in [2.24, 2.45) is 29.4 Å². The Morgan fingerprint density at radius 1 is 1.17 bits per heavy atom. The first kappa shape index (κ1) is 36.9. The first-order chi connectivity index (χ1) is 19.1. The number of carbonyl (C=O) groups is 3. The van der Waals surface area contributed by atoms with Gasteiger partial charge in [0.15, 0.2) is 0 Å². The number of fused-ring (bicyclic) bond motifs is 2. The Morgan fingerprint density at radius 3 is 2.50 bits per heavy atom. The second kappa shape index (κ2) is 16.7. The zero-order valence-electron chi connectivity index (χ0n) is 25.2. The zero-order valence-corrected chi connectivity index (χ0v) is 28.8. The third kappa shape index (κ3) is 9.11. The van der Waals surface area contributed by atoms with Crippen molar-refractivity contribution in [3.05, 3.63) is 23.2 Å². The molecule has 4 aliphatic rings. The van der Waals surface area contributed by atoms with Gasteiger partial charge in [-0.1, -0.05) is 51.1 Å². The van der Waals surface area contributed by atoms with E-state index in [9.17, 15) is 19.6 Å². The van der Waals surface area contributed by atoms with Crippen LogP contribution in [0, 0.1) is 23.7 Å². The number of carbonyl (C=O) groups excluding carboxylic acids is 3. The van der Waals surface area contributed by atoms with E-state index in [1.54, 1.807) is 6.92 Å². The maximum Gasteiger partial charge on any atom is 0.247 e. The third-order valence-electron chi connectivity index (χ3n) is 9.40. The summed E-state index contributed by atoms with van der Waals surface area (Å²) >= 11 is 6.02. The summed E-state index contributed by atoms with van der Waals surface area (Å²) in [6.45, 7) is 4.46. The molecule has 1 saturated heterocycles. The van der Waals surface area contributed by atoms with Gasteiger partial charge in [-0.3, -0.25) is 14.4 Å². The largest absolute Gasteiger partial charge is 0.412 e. The Hall–Kier alpha value is -1.30. The monoisotopic (exact) mass is 682 g/mol. The molecule has 2 aliphatic carbocycles. The molecule has 3 amide bonds. The molecule has 2 aliphatic heterocycles. The Kier molecular flexibility index (Phi) is 14.7. The molecule has 6 N–H and O–H groups in total. The molecule has 10 nitrogen and oxygen atoms in total. The first-order valence-electron chi connectivity index (χ1n) is 15.0. The smallest absolute Gasteiger partial charge is 0.247 e. The van der Waals surface area contributed by atoms with E-state index in [0.717, 1.165) is 53.5 Å². The number of hydrogen-bond donors (Lipinski definition) is 3. The van der Waals surface area contributed by atoms with Crippen molar-refractivity contribution in [2.45, 2.75) is 83.7 Å². The molecule has 12 heteroatoms. The molecule has 0 spiro atoms. The molecule has 6 atom stereocenters. The molecule has 2 saturated carbocycles. The summed E-state index contributed by atoms with van der Waals surface area (Å²) < 4.78 is 0. The van der Waals surface area contributed by atoms with E-state index < -0.39 is 11.9 Å². The van der Waals surface area contributed by atoms with Gasteiger partial charge in [0.05, 0.1) is 11.4 Å². The van der Waals surface area contributed by atoms with Crippen molar-refractivity contribution in [2.75, 3.05) is 36.9 Å². The van der Waals surface area contributed by atoms with E-state index >= 15 is 0 Å². The maximum absolute atomic E-state index is 12.4. The second-order valence-electron chi connectivity index (χ2n) is 12.1. The summed E-state index contributed by atoms with van der Waals surface area (Å²) in [6.07, 6.45) is 11.3. The molecule has 6 unspecified atom stereocenters. The van der Waals surface area contributed by atoms with E-state index in [-0.39, 0.29) is 68.5 Å². The Morgan fingerprint density at radius 2 is 1.88 bits per heavy atom. The van der Waals surface area contributed by atoms with Crippen LogP contribution in [0.3, 0.4) is 0 Å². The number of hydroxylamine groups is 2. The van der Waals surface area contributed by atoms with Gasteiger partial charge < -0.3 is 31.5 Å². The number of nitrogens with two attached hydrogens (primary N) is 1. The number of primary amides is 1. The number of nitrogens with zero attached hydrogens (tertiary/aromatic N) is 3.